The zero-order chi connectivity index (χ0) is 19.7. The Morgan fingerprint density at radius 3 is 2.30 bits per heavy atom. The minimum absolute atomic E-state index is 0.185. The standard InChI is InChI=1S/C20H20ClNO5/c1-10-5-6-13(21)18-12(8-17(23)24)20(22-19(10)18)11-7-15(26-3)16(27-4)9-14(11)25-2/h5-7,9,22H,8H2,1-4H3,(H,23,24). The summed E-state index contributed by atoms with van der Waals surface area (Å²) < 4.78 is 16.3. The molecule has 0 saturated carbocycles. The van der Waals surface area contributed by atoms with Crippen molar-refractivity contribution in [1.82, 2.24) is 4.98 Å². The maximum Gasteiger partial charge on any atom is 0.307 e. The molecule has 3 aromatic rings. The van der Waals surface area contributed by atoms with Crippen molar-refractivity contribution in [3.8, 4) is 28.5 Å². The van der Waals surface area contributed by atoms with Crippen molar-refractivity contribution in [1.29, 1.82) is 0 Å². The number of aromatic nitrogens is 1. The Hall–Kier alpha value is -2.86. The fourth-order valence-electron chi connectivity index (χ4n) is 3.25. The highest BCUT2D eigenvalue weighted by atomic mass is 35.5. The van der Waals surface area contributed by atoms with Crippen LogP contribution in [0.15, 0.2) is 24.3 Å². The topological polar surface area (TPSA) is 80.8 Å². The molecule has 0 spiro atoms. The van der Waals surface area contributed by atoms with Gasteiger partial charge in [-0.1, -0.05) is 17.7 Å². The van der Waals surface area contributed by atoms with Crippen LogP contribution in [0.3, 0.4) is 0 Å². The van der Waals surface area contributed by atoms with Crippen LogP contribution in [-0.2, 0) is 11.2 Å². The number of aryl methyl sites for hydroxylation is 1. The average Bonchev–Trinajstić information content (AvgIpc) is 3.03. The van der Waals surface area contributed by atoms with E-state index in [9.17, 15) is 9.90 Å². The van der Waals surface area contributed by atoms with E-state index < -0.39 is 5.97 Å². The molecule has 0 bridgehead atoms. The molecule has 0 atom stereocenters. The van der Waals surface area contributed by atoms with Crippen LogP contribution in [0, 0.1) is 6.92 Å². The van der Waals surface area contributed by atoms with Gasteiger partial charge in [-0.05, 0) is 30.2 Å². The van der Waals surface area contributed by atoms with E-state index in [2.05, 4.69) is 4.98 Å². The fourth-order valence-corrected chi connectivity index (χ4v) is 3.52. The third-order valence-corrected chi connectivity index (χ3v) is 4.83. The molecule has 7 heteroatoms. The summed E-state index contributed by atoms with van der Waals surface area (Å²) >= 11 is 6.41. The summed E-state index contributed by atoms with van der Waals surface area (Å²) in [5, 5.41) is 10.6. The van der Waals surface area contributed by atoms with Crippen LogP contribution in [0.25, 0.3) is 22.2 Å². The smallest absolute Gasteiger partial charge is 0.307 e. The number of aromatic amines is 1. The van der Waals surface area contributed by atoms with Gasteiger partial charge < -0.3 is 24.3 Å². The van der Waals surface area contributed by atoms with Crippen LogP contribution in [0.5, 0.6) is 17.2 Å². The Morgan fingerprint density at radius 1 is 1.07 bits per heavy atom. The number of nitrogens with one attached hydrogen (secondary N) is 1. The van der Waals surface area contributed by atoms with E-state index in [1.807, 2.05) is 13.0 Å². The van der Waals surface area contributed by atoms with Crippen molar-refractivity contribution in [3.05, 3.63) is 40.4 Å². The highest BCUT2D eigenvalue weighted by Crippen LogP contribution is 2.44. The lowest BCUT2D eigenvalue weighted by Gasteiger charge is -2.14. The summed E-state index contributed by atoms with van der Waals surface area (Å²) in [5.74, 6) is 0.605. The Morgan fingerprint density at radius 2 is 1.70 bits per heavy atom. The van der Waals surface area contributed by atoms with Crippen molar-refractivity contribution in [2.45, 2.75) is 13.3 Å². The molecule has 0 aliphatic rings. The minimum atomic E-state index is -0.950. The van der Waals surface area contributed by atoms with Crippen molar-refractivity contribution in [2.24, 2.45) is 0 Å². The van der Waals surface area contributed by atoms with Gasteiger partial charge in [0.15, 0.2) is 11.5 Å². The minimum Gasteiger partial charge on any atom is -0.496 e. The first-order valence-corrected chi connectivity index (χ1v) is 8.60. The van der Waals surface area contributed by atoms with Gasteiger partial charge in [0.05, 0.1) is 44.0 Å². The number of fused-ring (bicyclic) bond motifs is 1. The molecule has 27 heavy (non-hydrogen) atoms. The van der Waals surface area contributed by atoms with Crippen molar-refractivity contribution in [2.75, 3.05) is 21.3 Å². The third-order valence-electron chi connectivity index (χ3n) is 4.52. The molecule has 0 amide bonds. The summed E-state index contributed by atoms with van der Waals surface area (Å²) in [6.45, 7) is 1.94. The molecule has 1 aromatic heterocycles. The molecule has 142 valence electrons. The first-order valence-electron chi connectivity index (χ1n) is 8.23. The molecule has 1 heterocycles. The first-order chi connectivity index (χ1) is 12.9. The number of rotatable bonds is 6. The Balaban J connectivity index is 2.39. The van der Waals surface area contributed by atoms with Crippen LogP contribution in [0.4, 0.5) is 0 Å². The maximum absolute atomic E-state index is 11.5. The van der Waals surface area contributed by atoms with Crippen LogP contribution < -0.4 is 14.2 Å². The zero-order valence-corrected chi connectivity index (χ0v) is 16.2. The summed E-state index contributed by atoms with van der Waals surface area (Å²) in [6.07, 6.45) is -0.185. The van der Waals surface area contributed by atoms with Crippen molar-refractivity contribution < 1.29 is 24.1 Å². The van der Waals surface area contributed by atoms with Gasteiger partial charge in [-0.15, -0.1) is 0 Å². The van der Waals surface area contributed by atoms with E-state index in [1.54, 1.807) is 39.5 Å². The second-order valence-corrected chi connectivity index (χ2v) is 6.48. The van der Waals surface area contributed by atoms with Gasteiger partial charge in [0.25, 0.3) is 0 Å². The molecule has 0 radical (unpaired) electrons. The van der Waals surface area contributed by atoms with Gasteiger partial charge in [-0.25, -0.2) is 0 Å². The SMILES string of the molecule is COc1cc(OC)c(-c2[nH]c3c(C)ccc(Cl)c3c2CC(=O)O)cc1OC. The molecule has 3 rings (SSSR count). The third kappa shape index (κ3) is 3.28. The van der Waals surface area contributed by atoms with Gasteiger partial charge >= 0.3 is 5.97 Å². The number of hydrogen-bond acceptors (Lipinski definition) is 4. The van der Waals surface area contributed by atoms with Gasteiger partial charge in [0, 0.05) is 17.0 Å². The molecule has 2 N–H and O–H groups in total. The van der Waals surface area contributed by atoms with E-state index in [0.29, 0.717) is 44.5 Å². The van der Waals surface area contributed by atoms with Gasteiger partial charge in [-0.3, -0.25) is 4.79 Å². The number of hydrogen-bond donors (Lipinski definition) is 2. The summed E-state index contributed by atoms with van der Waals surface area (Å²) in [4.78, 5) is 14.9. The number of benzene rings is 2. The average molecular weight is 390 g/mol. The van der Waals surface area contributed by atoms with E-state index in [-0.39, 0.29) is 6.42 Å². The molecule has 0 saturated heterocycles. The number of carboxylic acids is 1. The Bertz CT molecular complexity index is 1030. The van der Waals surface area contributed by atoms with E-state index >= 15 is 0 Å². The summed E-state index contributed by atoms with van der Waals surface area (Å²) in [5.41, 5.74) is 3.65. The highest BCUT2D eigenvalue weighted by Gasteiger charge is 2.23. The lowest BCUT2D eigenvalue weighted by Crippen LogP contribution is -2.02. The van der Waals surface area contributed by atoms with E-state index in [1.165, 1.54) is 0 Å². The van der Waals surface area contributed by atoms with Crippen molar-refractivity contribution in [3.63, 3.8) is 0 Å². The van der Waals surface area contributed by atoms with Crippen LogP contribution in [0.1, 0.15) is 11.1 Å². The molecule has 0 fully saturated rings. The van der Waals surface area contributed by atoms with Crippen LogP contribution in [0.2, 0.25) is 5.02 Å². The number of halogens is 1. The molecular weight excluding hydrogens is 370 g/mol. The first kappa shape index (κ1) is 18.9. The number of H-pyrrole nitrogens is 1. The quantitative estimate of drug-likeness (QED) is 0.651. The fraction of sp³-hybridized carbons (Fsp3) is 0.250. The van der Waals surface area contributed by atoms with Crippen LogP contribution >= 0.6 is 11.6 Å². The second kappa shape index (κ2) is 7.40. The number of carbonyl (C=O) groups is 1. The van der Waals surface area contributed by atoms with Gasteiger partial charge in [0.2, 0.25) is 0 Å². The van der Waals surface area contributed by atoms with E-state index in [0.717, 1.165) is 11.1 Å². The molecule has 0 unspecified atom stereocenters. The maximum atomic E-state index is 11.5. The Labute approximate surface area is 161 Å². The zero-order valence-electron chi connectivity index (χ0n) is 15.5. The lowest BCUT2D eigenvalue weighted by molar-refractivity contribution is -0.136. The number of aliphatic carboxylic acids is 1. The number of ether oxygens (including phenoxy) is 3. The van der Waals surface area contributed by atoms with Crippen LogP contribution in [-0.4, -0.2) is 37.4 Å². The molecule has 6 nitrogen and oxygen atoms in total. The predicted octanol–water partition coefficient (Wildman–Crippen LogP) is 4.45. The number of methoxy groups -OCH3 is 3. The van der Waals surface area contributed by atoms with Gasteiger partial charge in [0.1, 0.15) is 5.75 Å². The Kier molecular flexibility index (Phi) is 5.19. The van der Waals surface area contributed by atoms with E-state index in [4.69, 9.17) is 25.8 Å². The predicted molar refractivity (Wildman–Crippen MR) is 104 cm³/mol. The highest BCUT2D eigenvalue weighted by molar-refractivity contribution is 6.36. The largest absolute Gasteiger partial charge is 0.496 e. The molecule has 2 aromatic carbocycles. The molecule has 0 aliphatic carbocycles. The summed E-state index contributed by atoms with van der Waals surface area (Å²) in [7, 11) is 4.62. The normalized spacial score (nSPS) is 10.9. The molecular formula is C20H20ClNO5. The second-order valence-electron chi connectivity index (χ2n) is 6.07. The lowest BCUT2D eigenvalue weighted by atomic mass is 10.0. The summed E-state index contributed by atoms with van der Waals surface area (Å²) in [6, 6.07) is 7.13. The monoisotopic (exact) mass is 389 g/mol. The van der Waals surface area contributed by atoms with Gasteiger partial charge in [-0.2, -0.15) is 0 Å². The van der Waals surface area contributed by atoms with Crippen molar-refractivity contribution >= 4 is 28.5 Å². The molecule has 0 aliphatic heterocycles. The number of carboxylic acid groups (broad SMARTS) is 1.